The van der Waals surface area contributed by atoms with Gasteiger partial charge in [-0.1, -0.05) is 6.07 Å². The maximum Gasteiger partial charge on any atom is 0.255 e. The number of aliphatic hydroxyl groups is 1. The zero-order valence-electron chi connectivity index (χ0n) is 13.6. The first-order chi connectivity index (χ1) is 11.0. The lowest BCUT2D eigenvalue weighted by Gasteiger charge is -2.38. The molecule has 1 heterocycles. The molecule has 0 bridgehead atoms. The Morgan fingerprint density at radius 3 is 2.96 bits per heavy atom. The van der Waals surface area contributed by atoms with Crippen molar-refractivity contribution < 1.29 is 14.3 Å². The van der Waals surface area contributed by atoms with E-state index in [1.165, 1.54) is 25.0 Å². The summed E-state index contributed by atoms with van der Waals surface area (Å²) in [6.45, 7) is 4.11. The van der Waals surface area contributed by atoms with Crippen LogP contribution in [0.5, 0.6) is 0 Å². The molecule has 1 aliphatic carbocycles. The van der Waals surface area contributed by atoms with Gasteiger partial charge in [0.2, 0.25) is 0 Å². The van der Waals surface area contributed by atoms with Gasteiger partial charge in [-0.2, -0.15) is 0 Å². The van der Waals surface area contributed by atoms with Crippen LogP contribution in [0.1, 0.15) is 36.8 Å². The molecule has 2 fully saturated rings. The highest BCUT2D eigenvalue weighted by Gasteiger charge is 2.43. The summed E-state index contributed by atoms with van der Waals surface area (Å²) in [7, 11) is 0. The highest BCUT2D eigenvalue weighted by Crippen LogP contribution is 2.32. The van der Waals surface area contributed by atoms with E-state index in [9.17, 15) is 14.3 Å². The monoisotopic (exact) mass is 320 g/mol. The summed E-state index contributed by atoms with van der Waals surface area (Å²) in [6, 6.07) is 4.67. The Labute approximate surface area is 136 Å². The Balaban J connectivity index is 1.57. The minimum Gasteiger partial charge on any atom is -0.379 e. The number of hydrogen-bond acceptors (Lipinski definition) is 3. The summed E-state index contributed by atoms with van der Waals surface area (Å²) in [5.74, 6) is 0.207. The van der Waals surface area contributed by atoms with Crippen molar-refractivity contribution in [1.82, 2.24) is 10.2 Å². The molecule has 23 heavy (non-hydrogen) atoms. The van der Waals surface area contributed by atoms with Crippen LogP contribution in [0.2, 0.25) is 0 Å². The largest absolute Gasteiger partial charge is 0.379 e. The average molecular weight is 320 g/mol. The number of amides is 1. The minimum absolute atomic E-state index is 0.154. The molecule has 1 saturated heterocycles. The summed E-state index contributed by atoms with van der Waals surface area (Å²) in [5.41, 5.74) is 0.525. The SMILES string of the molecule is Cc1ccc(F)cc1CNCC1(O)CCCN(CC2CC2)C1=O. The van der Waals surface area contributed by atoms with Crippen molar-refractivity contribution in [3.05, 3.63) is 35.1 Å². The van der Waals surface area contributed by atoms with Crippen LogP contribution in [0.4, 0.5) is 4.39 Å². The lowest BCUT2D eigenvalue weighted by atomic mass is 9.91. The fourth-order valence-electron chi connectivity index (χ4n) is 3.25. The van der Waals surface area contributed by atoms with E-state index in [1.54, 1.807) is 6.07 Å². The molecule has 1 atom stereocenters. The molecule has 1 unspecified atom stereocenters. The third-order valence-corrected chi connectivity index (χ3v) is 4.92. The van der Waals surface area contributed by atoms with Gasteiger partial charge in [-0.25, -0.2) is 4.39 Å². The molecular weight excluding hydrogens is 295 g/mol. The number of likely N-dealkylation sites (tertiary alicyclic amines) is 1. The van der Waals surface area contributed by atoms with E-state index in [2.05, 4.69) is 5.32 Å². The summed E-state index contributed by atoms with van der Waals surface area (Å²) in [4.78, 5) is 14.4. The van der Waals surface area contributed by atoms with Gasteiger partial charge in [0.15, 0.2) is 5.60 Å². The molecule has 0 spiro atoms. The lowest BCUT2D eigenvalue weighted by Crippen LogP contribution is -2.58. The number of nitrogens with one attached hydrogen (secondary N) is 1. The average Bonchev–Trinajstić information content (AvgIpc) is 3.32. The van der Waals surface area contributed by atoms with Crippen LogP contribution in [0, 0.1) is 18.7 Å². The van der Waals surface area contributed by atoms with Crippen LogP contribution in [-0.2, 0) is 11.3 Å². The molecule has 1 amide bonds. The van der Waals surface area contributed by atoms with E-state index in [4.69, 9.17) is 0 Å². The van der Waals surface area contributed by atoms with Crippen molar-refractivity contribution in [2.75, 3.05) is 19.6 Å². The normalized spacial score (nSPS) is 25.0. The number of carbonyl (C=O) groups is 1. The summed E-state index contributed by atoms with van der Waals surface area (Å²) >= 11 is 0. The molecule has 2 aliphatic rings. The smallest absolute Gasteiger partial charge is 0.255 e. The zero-order valence-corrected chi connectivity index (χ0v) is 13.6. The number of halogens is 1. The molecule has 126 valence electrons. The number of carbonyl (C=O) groups excluding carboxylic acids is 1. The van der Waals surface area contributed by atoms with Crippen molar-refractivity contribution in [1.29, 1.82) is 0 Å². The van der Waals surface area contributed by atoms with Gasteiger partial charge in [-0.3, -0.25) is 4.79 Å². The van der Waals surface area contributed by atoms with Crippen molar-refractivity contribution in [2.24, 2.45) is 5.92 Å². The Hall–Kier alpha value is -1.46. The first-order valence-electron chi connectivity index (χ1n) is 8.45. The molecular formula is C18H25FN2O2. The van der Waals surface area contributed by atoms with Gasteiger partial charge < -0.3 is 15.3 Å². The van der Waals surface area contributed by atoms with Gasteiger partial charge in [0, 0.05) is 26.2 Å². The van der Waals surface area contributed by atoms with E-state index in [-0.39, 0.29) is 18.3 Å². The van der Waals surface area contributed by atoms with Gasteiger partial charge in [-0.15, -0.1) is 0 Å². The van der Waals surface area contributed by atoms with Crippen LogP contribution in [0.25, 0.3) is 0 Å². The standard InChI is InChI=1S/C18H25FN2O2/c1-13-3-6-16(19)9-15(13)10-20-12-18(23)7-2-8-21(17(18)22)11-14-4-5-14/h3,6,9,14,20,23H,2,4-5,7-8,10-12H2,1H3. The van der Waals surface area contributed by atoms with E-state index in [1.807, 2.05) is 11.8 Å². The lowest BCUT2D eigenvalue weighted by molar-refractivity contribution is -0.156. The minimum atomic E-state index is -1.33. The molecule has 1 aromatic carbocycles. The zero-order chi connectivity index (χ0) is 16.4. The number of aryl methyl sites for hydroxylation is 1. The molecule has 0 aromatic heterocycles. The van der Waals surface area contributed by atoms with Crippen molar-refractivity contribution in [3.63, 3.8) is 0 Å². The van der Waals surface area contributed by atoms with Crippen LogP contribution >= 0.6 is 0 Å². The summed E-state index contributed by atoms with van der Waals surface area (Å²) in [6.07, 6.45) is 3.70. The Kier molecular flexibility index (Phi) is 4.69. The number of rotatable bonds is 6. The topological polar surface area (TPSA) is 52.6 Å². The van der Waals surface area contributed by atoms with E-state index in [0.29, 0.717) is 18.9 Å². The molecule has 1 aliphatic heterocycles. The van der Waals surface area contributed by atoms with Crippen LogP contribution < -0.4 is 5.32 Å². The van der Waals surface area contributed by atoms with Gasteiger partial charge in [0.1, 0.15) is 5.82 Å². The van der Waals surface area contributed by atoms with Crippen LogP contribution in [0.15, 0.2) is 18.2 Å². The number of piperidine rings is 1. The second-order valence-corrected chi connectivity index (χ2v) is 7.00. The quantitative estimate of drug-likeness (QED) is 0.843. The number of nitrogens with zero attached hydrogens (tertiary/aromatic N) is 1. The molecule has 1 saturated carbocycles. The van der Waals surface area contributed by atoms with Gasteiger partial charge in [0.05, 0.1) is 0 Å². The van der Waals surface area contributed by atoms with Crippen LogP contribution in [-0.4, -0.2) is 41.1 Å². The molecule has 4 nitrogen and oxygen atoms in total. The Bertz CT molecular complexity index is 588. The predicted molar refractivity (Wildman–Crippen MR) is 86.3 cm³/mol. The predicted octanol–water partition coefficient (Wildman–Crippen LogP) is 1.99. The first kappa shape index (κ1) is 16.4. The fraction of sp³-hybridized carbons (Fsp3) is 0.611. The fourth-order valence-corrected chi connectivity index (χ4v) is 3.25. The highest BCUT2D eigenvalue weighted by atomic mass is 19.1. The van der Waals surface area contributed by atoms with Crippen LogP contribution in [0.3, 0.4) is 0 Å². The molecule has 5 heteroatoms. The molecule has 0 radical (unpaired) electrons. The molecule has 2 N–H and O–H groups in total. The third kappa shape index (κ3) is 3.90. The highest BCUT2D eigenvalue weighted by molar-refractivity contribution is 5.86. The van der Waals surface area contributed by atoms with Gasteiger partial charge in [0.25, 0.3) is 5.91 Å². The van der Waals surface area contributed by atoms with Crippen molar-refractivity contribution in [3.8, 4) is 0 Å². The second-order valence-electron chi connectivity index (χ2n) is 7.00. The maximum absolute atomic E-state index is 13.3. The first-order valence-corrected chi connectivity index (χ1v) is 8.45. The van der Waals surface area contributed by atoms with Crippen molar-refractivity contribution in [2.45, 2.75) is 44.8 Å². The van der Waals surface area contributed by atoms with E-state index >= 15 is 0 Å². The van der Waals surface area contributed by atoms with Gasteiger partial charge in [-0.05, 0) is 61.8 Å². The molecule has 1 aromatic rings. The van der Waals surface area contributed by atoms with Gasteiger partial charge >= 0.3 is 0 Å². The Morgan fingerprint density at radius 1 is 1.43 bits per heavy atom. The number of benzene rings is 1. The van der Waals surface area contributed by atoms with E-state index < -0.39 is 5.60 Å². The Morgan fingerprint density at radius 2 is 2.22 bits per heavy atom. The molecule has 3 rings (SSSR count). The third-order valence-electron chi connectivity index (χ3n) is 4.92. The maximum atomic E-state index is 13.3. The van der Waals surface area contributed by atoms with E-state index in [0.717, 1.165) is 30.6 Å². The summed E-state index contributed by atoms with van der Waals surface area (Å²) in [5, 5.41) is 13.9. The van der Waals surface area contributed by atoms with Crippen molar-refractivity contribution >= 4 is 5.91 Å². The second kappa shape index (κ2) is 6.57. The summed E-state index contributed by atoms with van der Waals surface area (Å²) < 4.78 is 13.3. The number of hydrogen-bond donors (Lipinski definition) is 2.